The van der Waals surface area contributed by atoms with E-state index in [0.717, 1.165) is 75.3 Å². The summed E-state index contributed by atoms with van der Waals surface area (Å²) in [6.07, 6.45) is 13.3. The summed E-state index contributed by atoms with van der Waals surface area (Å²) in [5, 5.41) is 0. The quantitative estimate of drug-likeness (QED) is 0.363. The first-order valence-corrected chi connectivity index (χ1v) is 13.1. The first kappa shape index (κ1) is 24.8. The number of hydrogen-bond donors (Lipinski definition) is 0. The first-order chi connectivity index (χ1) is 16.5. The van der Waals surface area contributed by atoms with E-state index in [1.54, 1.807) is 18.2 Å². The third-order valence-corrected chi connectivity index (χ3v) is 7.90. The Balaban J connectivity index is 1.35. The van der Waals surface area contributed by atoms with E-state index in [1.165, 1.54) is 5.56 Å². The van der Waals surface area contributed by atoms with E-state index < -0.39 is 11.6 Å². The molecule has 2 aliphatic rings. The highest BCUT2D eigenvalue weighted by Gasteiger charge is 2.27. The van der Waals surface area contributed by atoms with Crippen molar-refractivity contribution >= 4 is 0 Å². The van der Waals surface area contributed by atoms with Crippen molar-refractivity contribution in [3.63, 3.8) is 0 Å². The van der Waals surface area contributed by atoms with Gasteiger partial charge in [-0.1, -0.05) is 62.7 Å². The molecule has 0 unspecified atom stereocenters. The van der Waals surface area contributed by atoms with Crippen LogP contribution in [-0.2, 0) is 6.42 Å². The highest BCUT2D eigenvalue weighted by molar-refractivity contribution is 5.65. The lowest BCUT2D eigenvalue weighted by atomic mass is 9.76. The van der Waals surface area contributed by atoms with Gasteiger partial charge >= 0.3 is 0 Å². The molecule has 2 aromatic rings. The molecular formula is C31H37F3. The predicted octanol–water partition coefficient (Wildman–Crippen LogP) is 9.85. The van der Waals surface area contributed by atoms with Crippen molar-refractivity contribution in [3.8, 4) is 11.1 Å². The average Bonchev–Trinajstić information content (AvgIpc) is 2.86. The molecule has 0 saturated heterocycles. The minimum Gasteiger partial charge on any atom is -0.207 e. The summed E-state index contributed by atoms with van der Waals surface area (Å²) in [6, 6.07) is 11.3. The van der Waals surface area contributed by atoms with Crippen molar-refractivity contribution in [2.24, 2.45) is 11.8 Å². The van der Waals surface area contributed by atoms with Crippen LogP contribution in [0.25, 0.3) is 11.1 Å². The summed E-state index contributed by atoms with van der Waals surface area (Å²) < 4.78 is 44.4. The van der Waals surface area contributed by atoms with Gasteiger partial charge < -0.3 is 0 Å². The van der Waals surface area contributed by atoms with Gasteiger partial charge in [0.15, 0.2) is 11.6 Å². The molecule has 1 fully saturated rings. The van der Waals surface area contributed by atoms with E-state index in [-0.39, 0.29) is 11.7 Å². The Kier molecular flexibility index (Phi) is 8.34. The van der Waals surface area contributed by atoms with E-state index >= 15 is 8.78 Å². The van der Waals surface area contributed by atoms with E-state index in [1.807, 2.05) is 24.3 Å². The Morgan fingerprint density at radius 3 is 2.21 bits per heavy atom. The SMILES string of the molecule is CCCc1ccc(-c2ccc(C3CCC(CCC4=CC[C@H](CC)C=C4F)CC3)c(F)c2F)cc1. The van der Waals surface area contributed by atoms with Gasteiger partial charge in [-0.05, 0) is 104 Å². The maximum absolute atomic E-state index is 15.1. The monoisotopic (exact) mass is 466 g/mol. The number of aryl methyl sites for hydroxylation is 1. The van der Waals surface area contributed by atoms with Gasteiger partial charge in [0.25, 0.3) is 0 Å². The smallest absolute Gasteiger partial charge is 0.166 e. The maximum Gasteiger partial charge on any atom is 0.166 e. The molecule has 0 spiro atoms. The van der Waals surface area contributed by atoms with Crippen molar-refractivity contribution in [1.82, 2.24) is 0 Å². The standard InChI is InChI=1S/C31H37F3/c1-3-5-22-7-12-24(13-8-22)27-18-19-28(31(34)30(27)33)25-14-9-23(10-15-25)11-17-26-16-6-21(4-2)20-29(26)32/h7-8,12-13,16,18-21,23,25H,3-6,9-11,14-15,17H2,1-2H3/t21-,23?,25?/m0/s1. The fourth-order valence-electron chi connectivity index (χ4n) is 5.64. The van der Waals surface area contributed by atoms with E-state index in [0.29, 0.717) is 23.0 Å². The van der Waals surface area contributed by atoms with Crippen LogP contribution in [0.4, 0.5) is 13.2 Å². The molecule has 0 nitrogen and oxygen atoms in total. The van der Waals surface area contributed by atoms with Crippen LogP contribution < -0.4 is 0 Å². The highest BCUT2D eigenvalue weighted by Crippen LogP contribution is 2.41. The molecule has 182 valence electrons. The second-order valence-corrected chi connectivity index (χ2v) is 10.2. The zero-order valence-corrected chi connectivity index (χ0v) is 20.6. The van der Waals surface area contributed by atoms with Gasteiger partial charge in [-0.2, -0.15) is 0 Å². The Bertz CT molecular complexity index is 1020. The second-order valence-electron chi connectivity index (χ2n) is 10.2. The van der Waals surface area contributed by atoms with Crippen molar-refractivity contribution in [1.29, 1.82) is 0 Å². The van der Waals surface area contributed by atoms with Crippen LogP contribution in [0.2, 0.25) is 0 Å². The Hall–Kier alpha value is -2.29. The third kappa shape index (κ3) is 5.67. The number of allylic oxidation sites excluding steroid dienone is 4. The summed E-state index contributed by atoms with van der Waals surface area (Å²) in [5.74, 6) is -0.542. The van der Waals surface area contributed by atoms with Crippen LogP contribution in [-0.4, -0.2) is 0 Å². The molecule has 1 atom stereocenters. The molecule has 1 saturated carbocycles. The van der Waals surface area contributed by atoms with Crippen LogP contribution in [0.1, 0.15) is 88.7 Å². The van der Waals surface area contributed by atoms with Gasteiger partial charge in [0.1, 0.15) is 5.83 Å². The Morgan fingerprint density at radius 2 is 1.56 bits per heavy atom. The van der Waals surface area contributed by atoms with Crippen LogP contribution in [0.5, 0.6) is 0 Å². The summed E-state index contributed by atoms with van der Waals surface area (Å²) in [4.78, 5) is 0. The molecule has 0 amide bonds. The van der Waals surface area contributed by atoms with Crippen molar-refractivity contribution in [2.75, 3.05) is 0 Å². The Labute approximate surface area is 203 Å². The van der Waals surface area contributed by atoms with Crippen molar-refractivity contribution in [2.45, 2.75) is 84.0 Å². The molecule has 3 heteroatoms. The van der Waals surface area contributed by atoms with Gasteiger partial charge in [-0.3, -0.25) is 0 Å². The molecule has 0 bridgehead atoms. The summed E-state index contributed by atoms with van der Waals surface area (Å²) in [7, 11) is 0. The number of rotatable bonds is 8. The molecule has 2 aliphatic carbocycles. The normalized spacial score (nSPS) is 22.9. The van der Waals surface area contributed by atoms with E-state index in [9.17, 15) is 4.39 Å². The average molecular weight is 467 g/mol. The van der Waals surface area contributed by atoms with Gasteiger partial charge in [0.05, 0.1) is 0 Å². The van der Waals surface area contributed by atoms with Gasteiger partial charge in [-0.15, -0.1) is 0 Å². The minimum absolute atomic E-state index is 0.0376. The van der Waals surface area contributed by atoms with Crippen LogP contribution in [0.3, 0.4) is 0 Å². The largest absolute Gasteiger partial charge is 0.207 e. The number of hydrogen-bond acceptors (Lipinski definition) is 0. The lowest BCUT2D eigenvalue weighted by Crippen LogP contribution is -2.15. The van der Waals surface area contributed by atoms with E-state index in [4.69, 9.17) is 0 Å². The molecule has 0 aromatic heterocycles. The van der Waals surface area contributed by atoms with Crippen LogP contribution in [0.15, 0.2) is 60.0 Å². The summed E-state index contributed by atoms with van der Waals surface area (Å²) in [5.41, 5.74) is 3.63. The minimum atomic E-state index is -0.736. The molecule has 0 aliphatic heterocycles. The highest BCUT2D eigenvalue weighted by atomic mass is 19.2. The van der Waals surface area contributed by atoms with Gasteiger partial charge in [-0.25, -0.2) is 13.2 Å². The third-order valence-electron chi connectivity index (χ3n) is 7.90. The summed E-state index contributed by atoms with van der Waals surface area (Å²) in [6.45, 7) is 4.22. The molecule has 0 N–H and O–H groups in total. The first-order valence-electron chi connectivity index (χ1n) is 13.1. The lowest BCUT2D eigenvalue weighted by molar-refractivity contribution is 0.304. The topological polar surface area (TPSA) is 0 Å². The lowest BCUT2D eigenvalue weighted by Gasteiger charge is -2.29. The molecule has 4 rings (SSSR count). The molecular weight excluding hydrogens is 429 g/mol. The van der Waals surface area contributed by atoms with E-state index in [2.05, 4.69) is 19.9 Å². The Morgan fingerprint density at radius 1 is 0.824 bits per heavy atom. The maximum atomic E-state index is 15.1. The fraction of sp³-hybridized carbons (Fsp3) is 0.484. The molecule has 0 heterocycles. The van der Waals surface area contributed by atoms with Crippen LogP contribution in [0, 0.1) is 23.5 Å². The predicted molar refractivity (Wildman–Crippen MR) is 135 cm³/mol. The molecule has 2 aromatic carbocycles. The molecule has 0 radical (unpaired) electrons. The molecule has 34 heavy (non-hydrogen) atoms. The van der Waals surface area contributed by atoms with Gasteiger partial charge in [0, 0.05) is 5.56 Å². The van der Waals surface area contributed by atoms with Crippen molar-refractivity contribution in [3.05, 3.63) is 82.7 Å². The number of halogens is 3. The van der Waals surface area contributed by atoms with Crippen molar-refractivity contribution < 1.29 is 13.2 Å². The fourth-order valence-corrected chi connectivity index (χ4v) is 5.64. The zero-order chi connectivity index (χ0) is 24.1. The van der Waals surface area contributed by atoms with Crippen LogP contribution >= 0.6 is 0 Å². The summed E-state index contributed by atoms with van der Waals surface area (Å²) >= 11 is 0. The zero-order valence-electron chi connectivity index (χ0n) is 20.6. The van der Waals surface area contributed by atoms with Gasteiger partial charge in [0.2, 0.25) is 0 Å². The second kappa shape index (κ2) is 11.4. The number of benzene rings is 2.